The molecular formula is C16H24F3N3O. The molecule has 3 aliphatic rings. The van der Waals surface area contributed by atoms with Crippen LogP contribution in [-0.2, 0) is 4.79 Å². The summed E-state index contributed by atoms with van der Waals surface area (Å²) in [5.41, 5.74) is -0.590. The van der Waals surface area contributed by atoms with E-state index in [-0.39, 0.29) is 24.2 Å². The van der Waals surface area contributed by atoms with Gasteiger partial charge in [0.05, 0.1) is 0 Å². The number of nitrogens with zero attached hydrogens (tertiary/aromatic N) is 1. The van der Waals surface area contributed by atoms with Crippen LogP contribution >= 0.6 is 0 Å². The summed E-state index contributed by atoms with van der Waals surface area (Å²) >= 11 is 0. The molecule has 1 amide bonds. The first-order chi connectivity index (χ1) is 10.9. The Morgan fingerprint density at radius 1 is 1.13 bits per heavy atom. The molecule has 0 radical (unpaired) electrons. The van der Waals surface area contributed by atoms with Crippen molar-refractivity contribution in [1.82, 2.24) is 10.6 Å². The van der Waals surface area contributed by atoms with Crippen LogP contribution < -0.4 is 10.6 Å². The molecule has 1 spiro atoms. The summed E-state index contributed by atoms with van der Waals surface area (Å²) in [4.78, 5) is 17.0. The van der Waals surface area contributed by atoms with Crippen LogP contribution in [0.5, 0.6) is 0 Å². The average Bonchev–Trinajstić information content (AvgIpc) is 2.82. The predicted octanol–water partition coefficient (Wildman–Crippen LogP) is 2.79. The van der Waals surface area contributed by atoms with Crippen molar-refractivity contribution in [3.63, 3.8) is 0 Å². The standard InChI is InChI=1S/C16H24F3N3O/c17-16(18,19)6-5-11-1-3-12(4-2-11)13-21-14(23)15(22-13)7-9-20-10-8-15/h11-12,20H,1-10H2,(H,21,22,23). The minimum Gasteiger partial charge on any atom is -0.317 e. The minimum atomic E-state index is -4.05. The van der Waals surface area contributed by atoms with Gasteiger partial charge in [-0.2, -0.15) is 13.2 Å². The van der Waals surface area contributed by atoms with Crippen LogP contribution in [0.4, 0.5) is 13.2 Å². The van der Waals surface area contributed by atoms with Crippen LogP contribution in [0, 0.1) is 11.8 Å². The summed E-state index contributed by atoms with van der Waals surface area (Å²) in [6.07, 6.45) is 0.190. The van der Waals surface area contributed by atoms with E-state index in [9.17, 15) is 18.0 Å². The highest BCUT2D eigenvalue weighted by Crippen LogP contribution is 2.37. The Bertz CT molecular complexity index is 475. The molecule has 130 valence electrons. The molecule has 0 bridgehead atoms. The van der Waals surface area contributed by atoms with Gasteiger partial charge in [0, 0.05) is 12.3 Å². The van der Waals surface area contributed by atoms with Crippen molar-refractivity contribution in [2.45, 2.75) is 63.1 Å². The van der Waals surface area contributed by atoms with Crippen LogP contribution in [-0.4, -0.2) is 36.5 Å². The second-order valence-electron chi connectivity index (χ2n) is 7.10. The fourth-order valence-corrected chi connectivity index (χ4v) is 4.01. The number of piperidine rings is 1. The first-order valence-electron chi connectivity index (χ1n) is 8.57. The number of aliphatic imine (C=N–C) groups is 1. The molecule has 2 aliphatic heterocycles. The molecule has 1 saturated carbocycles. The first kappa shape index (κ1) is 16.7. The van der Waals surface area contributed by atoms with Crippen molar-refractivity contribution in [3.05, 3.63) is 0 Å². The summed E-state index contributed by atoms with van der Waals surface area (Å²) in [5, 5.41) is 6.20. The van der Waals surface area contributed by atoms with Crippen LogP contribution in [0.2, 0.25) is 0 Å². The quantitative estimate of drug-likeness (QED) is 0.835. The Balaban J connectivity index is 1.54. The lowest BCUT2D eigenvalue weighted by Gasteiger charge is -2.29. The monoisotopic (exact) mass is 331 g/mol. The molecule has 0 unspecified atom stereocenters. The zero-order valence-corrected chi connectivity index (χ0v) is 13.2. The second kappa shape index (κ2) is 6.42. The summed E-state index contributed by atoms with van der Waals surface area (Å²) in [6.45, 7) is 1.60. The molecular weight excluding hydrogens is 307 g/mol. The third-order valence-electron chi connectivity index (χ3n) is 5.50. The summed E-state index contributed by atoms with van der Waals surface area (Å²) in [5.74, 6) is 1.15. The maximum absolute atomic E-state index is 12.3. The van der Waals surface area contributed by atoms with Crippen LogP contribution in [0.1, 0.15) is 51.4 Å². The number of nitrogens with one attached hydrogen (secondary N) is 2. The highest BCUT2D eigenvalue weighted by atomic mass is 19.4. The number of halogens is 3. The SMILES string of the molecule is O=C1NC(C2CCC(CCC(F)(F)F)CC2)=NC12CCNCC2. The third kappa shape index (κ3) is 3.87. The molecule has 4 nitrogen and oxygen atoms in total. The Labute approximate surface area is 134 Å². The van der Waals surface area contributed by atoms with Gasteiger partial charge in [0.25, 0.3) is 5.91 Å². The van der Waals surface area contributed by atoms with E-state index in [2.05, 4.69) is 10.6 Å². The minimum absolute atomic E-state index is 0.00759. The van der Waals surface area contributed by atoms with Gasteiger partial charge in [-0.15, -0.1) is 0 Å². The summed E-state index contributed by atoms with van der Waals surface area (Å²) < 4.78 is 36.9. The Morgan fingerprint density at radius 3 is 2.39 bits per heavy atom. The van der Waals surface area contributed by atoms with Gasteiger partial charge in [0.15, 0.2) is 0 Å². The largest absolute Gasteiger partial charge is 0.389 e. The first-order valence-corrected chi connectivity index (χ1v) is 8.57. The van der Waals surface area contributed by atoms with Crippen molar-refractivity contribution in [1.29, 1.82) is 0 Å². The van der Waals surface area contributed by atoms with E-state index in [0.717, 1.165) is 57.5 Å². The van der Waals surface area contributed by atoms with Crippen molar-refractivity contribution in [2.75, 3.05) is 13.1 Å². The number of alkyl halides is 3. The Kier molecular flexibility index (Phi) is 4.67. The average molecular weight is 331 g/mol. The molecule has 23 heavy (non-hydrogen) atoms. The zero-order chi connectivity index (χ0) is 16.5. The fourth-order valence-electron chi connectivity index (χ4n) is 4.01. The lowest BCUT2D eigenvalue weighted by Crippen LogP contribution is -2.47. The Morgan fingerprint density at radius 2 is 1.78 bits per heavy atom. The van der Waals surface area contributed by atoms with Crippen LogP contribution in [0.15, 0.2) is 4.99 Å². The van der Waals surface area contributed by atoms with Gasteiger partial charge in [0.2, 0.25) is 0 Å². The lowest BCUT2D eigenvalue weighted by atomic mass is 9.79. The molecule has 0 atom stereocenters. The zero-order valence-electron chi connectivity index (χ0n) is 13.2. The van der Waals surface area contributed by atoms with E-state index in [1.54, 1.807) is 0 Å². The van der Waals surface area contributed by atoms with E-state index in [1.807, 2.05) is 0 Å². The van der Waals surface area contributed by atoms with E-state index < -0.39 is 18.1 Å². The molecule has 0 aromatic heterocycles. The van der Waals surface area contributed by atoms with Crippen LogP contribution in [0.25, 0.3) is 0 Å². The summed E-state index contributed by atoms with van der Waals surface area (Å²) in [6, 6.07) is 0. The highest BCUT2D eigenvalue weighted by Gasteiger charge is 2.45. The number of amides is 1. The normalized spacial score (nSPS) is 31.1. The predicted molar refractivity (Wildman–Crippen MR) is 81.1 cm³/mol. The van der Waals surface area contributed by atoms with Gasteiger partial charge >= 0.3 is 6.18 Å². The number of hydrogen-bond donors (Lipinski definition) is 2. The molecule has 1 aliphatic carbocycles. The molecule has 2 fully saturated rings. The van der Waals surface area contributed by atoms with Gasteiger partial charge in [-0.3, -0.25) is 9.79 Å². The van der Waals surface area contributed by atoms with E-state index in [4.69, 9.17) is 4.99 Å². The van der Waals surface area contributed by atoms with Crippen molar-refractivity contribution >= 4 is 11.7 Å². The molecule has 3 rings (SSSR count). The van der Waals surface area contributed by atoms with Gasteiger partial charge in [-0.1, -0.05) is 0 Å². The molecule has 0 aromatic carbocycles. The number of hydrogen-bond acceptors (Lipinski definition) is 3. The molecule has 0 aromatic rings. The number of amidine groups is 1. The van der Waals surface area contributed by atoms with E-state index in [1.165, 1.54) is 0 Å². The van der Waals surface area contributed by atoms with Crippen molar-refractivity contribution < 1.29 is 18.0 Å². The molecule has 2 heterocycles. The number of rotatable bonds is 3. The maximum Gasteiger partial charge on any atom is 0.389 e. The van der Waals surface area contributed by atoms with Crippen molar-refractivity contribution in [3.8, 4) is 0 Å². The molecule has 2 N–H and O–H groups in total. The van der Waals surface area contributed by atoms with Gasteiger partial charge < -0.3 is 10.6 Å². The van der Waals surface area contributed by atoms with Gasteiger partial charge in [-0.05, 0) is 64.0 Å². The van der Waals surface area contributed by atoms with E-state index >= 15 is 0 Å². The second-order valence-corrected chi connectivity index (χ2v) is 7.10. The summed E-state index contributed by atoms with van der Waals surface area (Å²) in [7, 11) is 0. The van der Waals surface area contributed by atoms with E-state index in [0.29, 0.717) is 0 Å². The topological polar surface area (TPSA) is 53.5 Å². The van der Waals surface area contributed by atoms with Crippen LogP contribution in [0.3, 0.4) is 0 Å². The highest BCUT2D eigenvalue weighted by molar-refractivity contribution is 6.09. The lowest BCUT2D eigenvalue weighted by molar-refractivity contribution is -0.138. The third-order valence-corrected chi connectivity index (χ3v) is 5.50. The number of carbonyl (C=O) groups excluding carboxylic acids is 1. The fraction of sp³-hybridized carbons (Fsp3) is 0.875. The smallest absolute Gasteiger partial charge is 0.317 e. The van der Waals surface area contributed by atoms with Gasteiger partial charge in [-0.25, -0.2) is 0 Å². The molecule has 1 saturated heterocycles. The van der Waals surface area contributed by atoms with Gasteiger partial charge in [0.1, 0.15) is 11.4 Å². The van der Waals surface area contributed by atoms with Crippen molar-refractivity contribution in [2.24, 2.45) is 16.8 Å². The molecule has 7 heteroatoms. The number of carbonyl (C=O) groups is 1. The Hall–Kier alpha value is -1.11. The maximum atomic E-state index is 12.3.